The number of β-amino-alcohol motifs (C(OH)–C–C–N with tert-alkyl or cyclic N) is 1. The number of ether oxygens (including phenoxy) is 1. The zero-order valence-electron chi connectivity index (χ0n) is 9.75. The fourth-order valence-corrected chi connectivity index (χ4v) is 1.61. The Hall–Kier alpha value is -0.610. The van der Waals surface area contributed by atoms with E-state index in [1.807, 2.05) is 20.8 Å². The van der Waals surface area contributed by atoms with Gasteiger partial charge in [0.2, 0.25) is 0 Å². The van der Waals surface area contributed by atoms with Crippen LogP contribution < -0.4 is 5.32 Å². The van der Waals surface area contributed by atoms with Crippen molar-refractivity contribution in [3.8, 4) is 0 Å². The number of hydrogen-bond donors (Lipinski definition) is 2. The minimum absolute atomic E-state index is 0.124. The van der Waals surface area contributed by atoms with E-state index >= 15 is 0 Å². The summed E-state index contributed by atoms with van der Waals surface area (Å²) >= 11 is 0. The van der Waals surface area contributed by atoms with Gasteiger partial charge < -0.3 is 15.2 Å². The number of esters is 1. The number of aliphatic hydroxyl groups is 1. The molecule has 1 heterocycles. The Morgan fingerprint density at radius 3 is 2.60 bits per heavy atom. The molecule has 1 saturated heterocycles. The summed E-state index contributed by atoms with van der Waals surface area (Å²) in [5, 5.41) is 12.5. The van der Waals surface area contributed by atoms with Gasteiger partial charge in [-0.25, -0.2) is 0 Å². The molecule has 0 saturated carbocycles. The monoisotopic (exact) mass is 215 g/mol. The molecule has 1 fully saturated rings. The standard InChI is InChI=1S/C11H21NO3/c1-11(2,3)15-10(14)8-4-5-9(13)7-12-6-8/h8-9,12-13H,4-7H2,1-3H3/t8-,9+/m1/s1. The molecule has 2 N–H and O–H groups in total. The molecular weight excluding hydrogens is 194 g/mol. The lowest BCUT2D eigenvalue weighted by molar-refractivity contribution is -0.160. The fraction of sp³-hybridized carbons (Fsp3) is 0.909. The second kappa shape index (κ2) is 4.94. The molecule has 1 aliphatic rings. The maximum atomic E-state index is 11.7. The van der Waals surface area contributed by atoms with E-state index < -0.39 is 5.60 Å². The third-order valence-electron chi connectivity index (χ3n) is 2.36. The van der Waals surface area contributed by atoms with Crippen molar-refractivity contribution in [3.05, 3.63) is 0 Å². The number of rotatable bonds is 1. The van der Waals surface area contributed by atoms with Crippen LogP contribution in [-0.4, -0.2) is 35.9 Å². The molecule has 4 heteroatoms. The quantitative estimate of drug-likeness (QED) is 0.632. The average molecular weight is 215 g/mol. The van der Waals surface area contributed by atoms with Gasteiger partial charge in [-0.1, -0.05) is 0 Å². The second-order valence-corrected chi connectivity index (χ2v) is 5.12. The van der Waals surface area contributed by atoms with Crippen LogP contribution in [0.1, 0.15) is 33.6 Å². The van der Waals surface area contributed by atoms with Gasteiger partial charge in [0.25, 0.3) is 0 Å². The Bertz CT molecular complexity index is 222. The number of carbonyl (C=O) groups is 1. The Kier molecular flexibility index (Phi) is 4.11. The summed E-state index contributed by atoms with van der Waals surface area (Å²) < 4.78 is 5.31. The highest BCUT2D eigenvalue weighted by Crippen LogP contribution is 2.17. The lowest BCUT2D eigenvalue weighted by atomic mass is 10.0. The van der Waals surface area contributed by atoms with Gasteiger partial charge in [0.1, 0.15) is 5.60 Å². The first-order valence-electron chi connectivity index (χ1n) is 5.50. The van der Waals surface area contributed by atoms with Crippen LogP contribution >= 0.6 is 0 Å². The molecule has 0 spiro atoms. The van der Waals surface area contributed by atoms with Crippen molar-refractivity contribution < 1.29 is 14.6 Å². The van der Waals surface area contributed by atoms with Gasteiger partial charge in [-0.2, -0.15) is 0 Å². The summed E-state index contributed by atoms with van der Waals surface area (Å²) in [4.78, 5) is 11.7. The van der Waals surface area contributed by atoms with Gasteiger partial charge in [0.05, 0.1) is 12.0 Å². The van der Waals surface area contributed by atoms with Gasteiger partial charge in [0, 0.05) is 13.1 Å². The summed E-state index contributed by atoms with van der Waals surface area (Å²) in [6.07, 6.45) is 1.03. The van der Waals surface area contributed by atoms with E-state index in [2.05, 4.69) is 5.32 Å². The molecule has 4 nitrogen and oxygen atoms in total. The van der Waals surface area contributed by atoms with Crippen LogP contribution in [0.15, 0.2) is 0 Å². The van der Waals surface area contributed by atoms with E-state index in [9.17, 15) is 9.90 Å². The van der Waals surface area contributed by atoms with E-state index in [0.29, 0.717) is 25.9 Å². The maximum Gasteiger partial charge on any atom is 0.310 e. The molecule has 1 rings (SSSR count). The first-order chi connectivity index (χ1) is 6.88. The number of carbonyl (C=O) groups excluding carboxylic acids is 1. The summed E-state index contributed by atoms with van der Waals surface area (Å²) in [6.45, 7) is 6.77. The van der Waals surface area contributed by atoms with Gasteiger partial charge in [0.15, 0.2) is 0 Å². The predicted octanol–water partition coefficient (Wildman–Crippen LogP) is 0.689. The molecule has 0 aromatic carbocycles. The SMILES string of the molecule is CC(C)(C)OC(=O)[C@@H]1CC[C@H](O)CNC1. The van der Waals surface area contributed by atoms with Crippen molar-refractivity contribution in [1.82, 2.24) is 5.32 Å². The summed E-state index contributed by atoms with van der Waals surface area (Å²) in [5.41, 5.74) is -0.429. The smallest absolute Gasteiger partial charge is 0.310 e. The Labute approximate surface area is 91.0 Å². The molecule has 0 aromatic rings. The maximum absolute atomic E-state index is 11.7. The first-order valence-corrected chi connectivity index (χ1v) is 5.50. The average Bonchev–Trinajstić information content (AvgIpc) is 2.26. The van der Waals surface area contributed by atoms with E-state index in [1.54, 1.807) is 0 Å². The highest BCUT2D eigenvalue weighted by atomic mass is 16.6. The molecule has 0 radical (unpaired) electrons. The molecule has 0 aromatic heterocycles. The van der Waals surface area contributed by atoms with Crippen LogP contribution in [-0.2, 0) is 9.53 Å². The molecule has 0 unspecified atom stereocenters. The summed E-state index contributed by atoms with van der Waals surface area (Å²) in [6, 6.07) is 0. The van der Waals surface area contributed by atoms with Crippen molar-refractivity contribution in [2.24, 2.45) is 5.92 Å². The van der Waals surface area contributed by atoms with Crippen molar-refractivity contribution in [2.45, 2.75) is 45.3 Å². The minimum atomic E-state index is -0.429. The molecule has 0 bridgehead atoms. The Morgan fingerprint density at radius 2 is 2.00 bits per heavy atom. The van der Waals surface area contributed by atoms with Crippen molar-refractivity contribution in [1.29, 1.82) is 0 Å². The van der Waals surface area contributed by atoms with Gasteiger partial charge >= 0.3 is 5.97 Å². The third-order valence-corrected chi connectivity index (χ3v) is 2.36. The highest BCUT2D eigenvalue weighted by molar-refractivity contribution is 5.73. The van der Waals surface area contributed by atoms with Crippen LogP contribution in [0.2, 0.25) is 0 Å². The van der Waals surface area contributed by atoms with Crippen molar-refractivity contribution >= 4 is 5.97 Å². The highest BCUT2D eigenvalue weighted by Gasteiger charge is 2.27. The van der Waals surface area contributed by atoms with E-state index in [1.165, 1.54) is 0 Å². The van der Waals surface area contributed by atoms with Crippen LogP contribution in [0.5, 0.6) is 0 Å². The van der Waals surface area contributed by atoms with Crippen LogP contribution in [0, 0.1) is 5.92 Å². The lowest BCUT2D eigenvalue weighted by Gasteiger charge is -2.23. The fourth-order valence-electron chi connectivity index (χ4n) is 1.61. The normalized spacial score (nSPS) is 28.3. The molecule has 2 atom stereocenters. The zero-order chi connectivity index (χ0) is 11.5. The summed E-state index contributed by atoms with van der Waals surface area (Å²) in [7, 11) is 0. The molecule has 0 aliphatic carbocycles. The first kappa shape index (κ1) is 12.5. The Balaban J connectivity index is 2.45. The van der Waals surface area contributed by atoms with Gasteiger partial charge in [-0.05, 0) is 33.6 Å². The van der Waals surface area contributed by atoms with Crippen LogP contribution in [0.3, 0.4) is 0 Å². The van der Waals surface area contributed by atoms with E-state index in [0.717, 1.165) is 0 Å². The van der Waals surface area contributed by atoms with Crippen LogP contribution in [0.25, 0.3) is 0 Å². The van der Waals surface area contributed by atoms with E-state index in [-0.39, 0.29) is 18.0 Å². The molecular formula is C11H21NO3. The van der Waals surface area contributed by atoms with Crippen LogP contribution in [0.4, 0.5) is 0 Å². The molecule has 0 amide bonds. The predicted molar refractivity (Wildman–Crippen MR) is 57.4 cm³/mol. The largest absolute Gasteiger partial charge is 0.460 e. The van der Waals surface area contributed by atoms with Gasteiger partial charge in [-0.3, -0.25) is 4.79 Å². The lowest BCUT2D eigenvalue weighted by Crippen LogP contribution is -2.33. The van der Waals surface area contributed by atoms with Gasteiger partial charge in [-0.15, -0.1) is 0 Å². The molecule has 88 valence electrons. The number of hydrogen-bond acceptors (Lipinski definition) is 4. The summed E-state index contributed by atoms with van der Waals surface area (Å²) in [5.74, 6) is -0.287. The van der Waals surface area contributed by atoms with E-state index in [4.69, 9.17) is 4.74 Å². The topological polar surface area (TPSA) is 58.6 Å². The molecule has 15 heavy (non-hydrogen) atoms. The number of aliphatic hydroxyl groups excluding tert-OH is 1. The zero-order valence-corrected chi connectivity index (χ0v) is 9.75. The Morgan fingerprint density at radius 1 is 1.33 bits per heavy atom. The van der Waals surface area contributed by atoms with Crippen molar-refractivity contribution in [2.75, 3.05) is 13.1 Å². The third kappa shape index (κ3) is 4.62. The molecule has 1 aliphatic heterocycles. The minimum Gasteiger partial charge on any atom is -0.460 e. The van der Waals surface area contributed by atoms with Crippen molar-refractivity contribution in [3.63, 3.8) is 0 Å². The number of nitrogens with one attached hydrogen (secondary N) is 1. The second-order valence-electron chi connectivity index (χ2n) is 5.12.